The molecule has 1 aliphatic heterocycles. The average Bonchev–Trinajstić information content (AvgIpc) is 3.52. The van der Waals surface area contributed by atoms with Gasteiger partial charge in [-0.2, -0.15) is 0 Å². The lowest BCUT2D eigenvalue weighted by Crippen LogP contribution is -2.42. The Labute approximate surface area is 196 Å². The van der Waals surface area contributed by atoms with E-state index < -0.39 is 0 Å². The number of rotatable bonds is 4. The van der Waals surface area contributed by atoms with Gasteiger partial charge in [-0.05, 0) is 73.4 Å². The van der Waals surface area contributed by atoms with Gasteiger partial charge in [-0.3, -0.25) is 0 Å². The van der Waals surface area contributed by atoms with Crippen LogP contribution in [0.5, 0.6) is 0 Å². The summed E-state index contributed by atoms with van der Waals surface area (Å²) in [5.41, 5.74) is 5.07. The highest BCUT2D eigenvalue weighted by Crippen LogP contribution is 2.56. The third-order valence-electron chi connectivity index (χ3n) is 7.14. The summed E-state index contributed by atoms with van der Waals surface area (Å²) in [6.07, 6.45) is 7.80. The molecule has 6 rings (SSSR count). The lowest BCUT2D eigenvalue weighted by molar-refractivity contribution is 0.277. The first-order valence-electron chi connectivity index (χ1n) is 11.2. The molecule has 3 aliphatic rings. The van der Waals surface area contributed by atoms with E-state index in [1.54, 1.807) is 12.1 Å². The van der Waals surface area contributed by atoms with Crippen molar-refractivity contribution in [3.8, 4) is 11.3 Å². The number of halogens is 3. The summed E-state index contributed by atoms with van der Waals surface area (Å²) >= 11 is 13.0. The van der Waals surface area contributed by atoms with Crippen molar-refractivity contribution in [2.75, 3.05) is 18.0 Å². The predicted molar refractivity (Wildman–Crippen MR) is 127 cm³/mol. The van der Waals surface area contributed by atoms with Gasteiger partial charge < -0.3 is 9.42 Å². The second-order valence-corrected chi connectivity index (χ2v) is 10.1. The highest BCUT2D eigenvalue weighted by Gasteiger charge is 2.44. The van der Waals surface area contributed by atoms with E-state index in [1.807, 2.05) is 24.3 Å². The molecular formula is C26H23Cl2FN2O. The van der Waals surface area contributed by atoms with Crippen LogP contribution in [0.15, 0.2) is 53.1 Å². The number of piperidine rings is 1. The summed E-state index contributed by atoms with van der Waals surface area (Å²) in [5.74, 6) is 1.24. The fourth-order valence-corrected chi connectivity index (χ4v) is 5.79. The van der Waals surface area contributed by atoms with Gasteiger partial charge in [0.05, 0.1) is 10.0 Å². The molecule has 32 heavy (non-hydrogen) atoms. The van der Waals surface area contributed by atoms with Crippen LogP contribution in [0.4, 0.5) is 10.1 Å². The molecule has 1 saturated heterocycles. The minimum absolute atomic E-state index is 0.181. The van der Waals surface area contributed by atoms with Crippen molar-refractivity contribution in [2.45, 2.75) is 38.0 Å². The zero-order valence-electron chi connectivity index (χ0n) is 17.6. The maximum absolute atomic E-state index is 13.6. The Morgan fingerprint density at radius 3 is 2.34 bits per heavy atom. The van der Waals surface area contributed by atoms with E-state index in [9.17, 15) is 4.39 Å². The van der Waals surface area contributed by atoms with E-state index in [4.69, 9.17) is 27.7 Å². The molecule has 0 bridgehead atoms. The zero-order chi connectivity index (χ0) is 21.9. The highest BCUT2D eigenvalue weighted by atomic mass is 35.5. The molecule has 3 aromatic rings. The first-order valence-corrected chi connectivity index (χ1v) is 12.0. The van der Waals surface area contributed by atoms with Gasteiger partial charge in [0.15, 0.2) is 0 Å². The Morgan fingerprint density at radius 2 is 1.69 bits per heavy atom. The minimum Gasteiger partial charge on any atom is -0.371 e. The monoisotopic (exact) mass is 468 g/mol. The molecular weight excluding hydrogens is 446 g/mol. The van der Waals surface area contributed by atoms with Crippen molar-refractivity contribution < 1.29 is 8.91 Å². The first-order chi connectivity index (χ1) is 15.5. The third kappa shape index (κ3) is 3.45. The fraction of sp³-hybridized carbons (Fsp3) is 0.346. The van der Waals surface area contributed by atoms with Gasteiger partial charge in [-0.15, -0.1) is 0 Å². The van der Waals surface area contributed by atoms with Crippen LogP contribution in [0.3, 0.4) is 0 Å². The summed E-state index contributed by atoms with van der Waals surface area (Å²) in [7, 11) is 0. The maximum Gasteiger partial charge on any atom is 0.147 e. The van der Waals surface area contributed by atoms with Gasteiger partial charge in [-0.1, -0.05) is 46.6 Å². The molecule has 0 unspecified atom stereocenters. The van der Waals surface area contributed by atoms with Crippen LogP contribution < -0.4 is 4.90 Å². The van der Waals surface area contributed by atoms with Crippen LogP contribution in [-0.2, 0) is 0 Å². The van der Waals surface area contributed by atoms with Crippen molar-refractivity contribution in [3.63, 3.8) is 0 Å². The predicted octanol–water partition coefficient (Wildman–Crippen LogP) is 7.74. The van der Waals surface area contributed by atoms with Crippen molar-refractivity contribution in [1.29, 1.82) is 0 Å². The molecule has 6 heteroatoms. The smallest absolute Gasteiger partial charge is 0.147 e. The van der Waals surface area contributed by atoms with E-state index in [2.05, 4.69) is 16.1 Å². The van der Waals surface area contributed by atoms with E-state index in [0.717, 1.165) is 73.5 Å². The molecule has 0 atom stereocenters. The summed E-state index contributed by atoms with van der Waals surface area (Å²) in [5, 5.41) is 5.62. The highest BCUT2D eigenvalue weighted by molar-refractivity contribution is 6.39. The Kier molecular flexibility index (Phi) is 4.85. The first kappa shape index (κ1) is 20.3. The standard InChI is InChI=1S/C26H23Cl2FN2O/c27-20-5-2-6-21(28)23(20)24-22(25(32-30-24)16-7-8-16)17-14-26(15-17)9-11-31(12-10-26)19-4-1-3-18(29)13-19/h1-6,13-14,16H,7-12,15H2. The normalized spacial score (nSPS) is 19.7. The lowest BCUT2D eigenvalue weighted by atomic mass is 9.63. The molecule has 2 heterocycles. The summed E-state index contributed by atoms with van der Waals surface area (Å²) in [4.78, 5) is 2.28. The van der Waals surface area contributed by atoms with E-state index >= 15 is 0 Å². The summed E-state index contributed by atoms with van der Waals surface area (Å²) in [6.45, 7) is 1.85. The van der Waals surface area contributed by atoms with Crippen LogP contribution in [0.25, 0.3) is 16.8 Å². The molecule has 2 aromatic carbocycles. The topological polar surface area (TPSA) is 29.3 Å². The molecule has 3 nitrogen and oxygen atoms in total. The minimum atomic E-state index is -0.181. The molecule has 0 amide bonds. The molecule has 1 spiro atoms. The average molecular weight is 469 g/mol. The Morgan fingerprint density at radius 1 is 1.00 bits per heavy atom. The second-order valence-electron chi connectivity index (χ2n) is 9.32. The molecule has 0 N–H and O–H groups in total. The van der Waals surface area contributed by atoms with Crippen LogP contribution in [0.2, 0.25) is 10.0 Å². The Bertz CT molecular complexity index is 1200. The number of hydrogen-bond acceptors (Lipinski definition) is 3. The molecule has 0 radical (unpaired) electrons. The van der Waals surface area contributed by atoms with E-state index in [-0.39, 0.29) is 11.2 Å². The van der Waals surface area contributed by atoms with Gasteiger partial charge in [0, 0.05) is 35.8 Å². The van der Waals surface area contributed by atoms with Gasteiger partial charge in [0.1, 0.15) is 17.3 Å². The SMILES string of the molecule is Fc1cccc(N2CCC3(C=C(c4c(-c5c(Cl)cccc5Cl)noc4C4CC4)C3)CC2)c1. The van der Waals surface area contributed by atoms with Crippen molar-refractivity contribution in [2.24, 2.45) is 5.41 Å². The summed E-state index contributed by atoms with van der Waals surface area (Å²) < 4.78 is 19.5. The van der Waals surface area contributed by atoms with Crippen molar-refractivity contribution in [3.05, 3.63) is 75.7 Å². The number of benzene rings is 2. The van der Waals surface area contributed by atoms with E-state index in [0.29, 0.717) is 16.0 Å². The van der Waals surface area contributed by atoms with Crippen molar-refractivity contribution in [1.82, 2.24) is 5.16 Å². The molecule has 1 aromatic heterocycles. The number of hydrogen-bond donors (Lipinski definition) is 0. The zero-order valence-corrected chi connectivity index (χ0v) is 19.1. The van der Waals surface area contributed by atoms with Gasteiger partial charge in [0.25, 0.3) is 0 Å². The second kappa shape index (κ2) is 7.64. The van der Waals surface area contributed by atoms with Gasteiger partial charge in [-0.25, -0.2) is 4.39 Å². The quantitative estimate of drug-likeness (QED) is 0.391. The molecule has 2 aliphatic carbocycles. The lowest BCUT2D eigenvalue weighted by Gasteiger charge is -2.47. The maximum atomic E-state index is 13.6. The van der Waals surface area contributed by atoms with Crippen LogP contribution in [-0.4, -0.2) is 18.2 Å². The van der Waals surface area contributed by atoms with Gasteiger partial charge >= 0.3 is 0 Å². The fourth-order valence-electron chi connectivity index (χ4n) is 5.22. The Hall–Kier alpha value is -2.30. The summed E-state index contributed by atoms with van der Waals surface area (Å²) in [6, 6.07) is 12.4. The Balaban J connectivity index is 1.29. The van der Waals surface area contributed by atoms with Crippen LogP contribution in [0.1, 0.15) is 49.3 Å². The largest absolute Gasteiger partial charge is 0.371 e. The molecule has 1 saturated carbocycles. The van der Waals surface area contributed by atoms with Crippen LogP contribution >= 0.6 is 23.2 Å². The van der Waals surface area contributed by atoms with Crippen LogP contribution in [0, 0.1) is 11.2 Å². The number of aromatic nitrogens is 1. The molecule has 164 valence electrons. The molecule has 2 fully saturated rings. The number of nitrogens with zero attached hydrogens (tertiary/aromatic N) is 2. The number of anilines is 1. The van der Waals surface area contributed by atoms with E-state index in [1.165, 1.54) is 11.6 Å². The third-order valence-corrected chi connectivity index (χ3v) is 7.77. The number of allylic oxidation sites excluding steroid dienone is 2. The van der Waals surface area contributed by atoms with Crippen molar-refractivity contribution >= 4 is 34.5 Å². The van der Waals surface area contributed by atoms with Gasteiger partial charge in [0.2, 0.25) is 0 Å².